The molecule has 0 bridgehead atoms. The number of hydrogen-bond acceptors (Lipinski definition) is 5. The Morgan fingerprint density at radius 2 is 1.87 bits per heavy atom. The van der Waals surface area contributed by atoms with Crippen molar-refractivity contribution >= 4 is 15.7 Å². The Morgan fingerprint density at radius 1 is 1.17 bits per heavy atom. The van der Waals surface area contributed by atoms with Crippen molar-refractivity contribution in [2.45, 2.75) is 19.3 Å². The molecular weight excluding hydrogens is 316 g/mol. The summed E-state index contributed by atoms with van der Waals surface area (Å²) in [5.41, 5.74) is 7.36. The maximum atomic E-state index is 11.5. The molecular formula is C16H20N2O4S. The SMILES string of the molecule is CS(=O)(=O)Nc1cc(CC(N)O)ccc1OCc1ccccc1. The molecule has 0 spiro atoms. The summed E-state index contributed by atoms with van der Waals surface area (Å²) in [7, 11) is -3.45. The Balaban J connectivity index is 2.22. The number of ether oxygens (including phenoxy) is 1. The van der Waals surface area contributed by atoms with Crippen molar-refractivity contribution in [3.8, 4) is 5.75 Å². The van der Waals surface area contributed by atoms with E-state index in [0.29, 0.717) is 23.6 Å². The zero-order chi connectivity index (χ0) is 16.9. The Kier molecular flexibility index (Phi) is 5.59. The van der Waals surface area contributed by atoms with Crippen LogP contribution in [0.15, 0.2) is 48.5 Å². The zero-order valence-electron chi connectivity index (χ0n) is 12.8. The number of aliphatic hydroxyl groups excluding tert-OH is 1. The Bertz CT molecular complexity index is 746. The third-order valence-corrected chi connectivity index (χ3v) is 3.61. The van der Waals surface area contributed by atoms with Gasteiger partial charge in [0.25, 0.3) is 0 Å². The van der Waals surface area contributed by atoms with Gasteiger partial charge in [0.15, 0.2) is 0 Å². The third kappa shape index (κ3) is 5.90. The summed E-state index contributed by atoms with van der Waals surface area (Å²) in [5, 5.41) is 9.26. The van der Waals surface area contributed by atoms with E-state index in [-0.39, 0.29) is 6.42 Å². The number of hydrogen-bond donors (Lipinski definition) is 3. The number of benzene rings is 2. The van der Waals surface area contributed by atoms with Gasteiger partial charge in [-0.2, -0.15) is 0 Å². The Hall–Kier alpha value is -2.09. The maximum Gasteiger partial charge on any atom is 0.229 e. The molecule has 0 saturated heterocycles. The molecule has 1 unspecified atom stereocenters. The fourth-order valence-corrected chi connectivity index (χ4v) is 2.65. The fraction of sp³-hybridized carbons (Fsp3) is 0.250. The molecule has 0 aliphatic carbocycles. The molecule has 6 nitrogen and oxygen atoms in total. The number of nitrogens with one attached hydrogen (secondary N) is 1. The van der Waals surface area contributed by atoms with Gasteiger partial charge in [0.1, 0.15) is 18.6 Å². The van der Waals surface area contributed by atoms with Gasteiger partial charge in [-0.3, -0.25) is 4.72 Å². The molecule has 0 aromatic heterocycles. The third-order valence-electron chi connectivity index (χ3n) is 3.02. The van der Waals surface area contributed by atoms with Crippen LogP contribution in [0.4, 0.5) is 5.69 Å². The van der Waals surface area contributed by atoms with Crippen molar-refractivity contribution in [1.29, 1.82) is 0 Å². The molecule has 2 aromatic carbocycles. The molecule has 7 heteroatoms. The average Bonchev–Trinajstić information content (AvgIpc) is 2.45. The van der Waals surface area contributed by atoms with Crippen LogP contribution in [-0.2, 0) is 23.1 Å². The normalized spacial score (nSPS) is 12.7. The molecule has 0 fully saturated rings. The predicted molar refractivity (Wildman–Crippen MR) is 89.6 cm³/mol. The minimum atomic E-state index is -3.45. The van der Waals surface area contributed by atoms with Gasteiger partial charge in [0.05, 0.1) is 11.9 Å². The Labute approximate surface area is 136 Å². The van der Waals surface area contributed by atoms with Crippen LogP contribution < -0.4 is 15.2 Å². The lowest BCUT2D eigenvalue weighted by atomic mass is 10.1. The number of rotatable bonds is 7. The fourth-order valence-electron chi connectivity index (χ4n) is 2.09. The second kappa shape index (κ2) is 7.45. The van der Waals surface area contributed by atoms with Crippen molar-refractivity contribution in [3.63, 3.8) is 0 Å². The topological polar surface area (TPSA) is 102 Å². The number of anilines is 1. The van der Waals surface area contributed by atoms with E-state index in [4.69, 9.17) is 10.5 Å². The summed E-state index contributed by atoms with van der Waals surface area (Å²) in [6.07, 6.45) is 0.285. The monoisotopic (exact) mass is 336 g/mol. The lowest BCUT2D eigenvalue weighted by Gasteiger charge is -2.14. The van der Waals surface area contributed by atoms with Gasteiger partial charge in [0.2, 0.25) is 10.0 Å². The van der Waals surface area contributed by atoms with Crippen LogP contribution >= 0.6 is 0 Å². The van der Waals surface area contributed by atoms with Crippen LogP contribution in [-0.4, -0.2) is 26.0 Å². The molecule has 2 rings (SSSR count). The molecule has 124 valence electrons. The highest BCUT2D eigenvalue weighted by atomic mass is 32.2. The van der Waals surface area contributed by atoms with Crippen molar-refractivity contribution in [2.24, 2.45) is 5.73 Å². The average molecular weight is 336 g/mol. The first-order valence-electron chi connectivity index (χ1n) is 7.04. The number of sulfonamides is 1. The van der Waals surface area contributed by atoms with E-state index >= 15 is 0 Å². The second-order valence-corrected chi connectivity index (χ2v) is 7.00. The van der Waals surface area contributed by atoms with E-state index in [2.05, 4.69) is 4.72 Å². The van der Waals surface area contributed by atoms with E-state index in [1.807, 2.05) is 30.3 Å². The van der Waals surface area contributed by atoms with Gasteiger partial charge in [-0.15, -0.1) is 0 Å². The molecule has 0 aliphatic rings. The standard InChI is InChI=1S/C16H20N2O4S/c1-23(20,21)18-14-9-13(10-16(17)19)7-8-15(14)22-11-12-5-3-2-4-6-12/h2-9,16,18-19H,10-11,17H2,1H3. The van der Waals surface area contributed by atoms with Crippen LogP contribution in [0, 0.1) is 0 Å². The smallest absolute Gasteiger partial charge is 0.229 e. The van der Waals surface area contributed by atoms with Crippen LogP contribution in [0.1, 0.15) is 11.1 Å². The molecule has 1 atom stereocenters. The molecule has 2 aromatic rings. The van der Waals surface area contributed by atoms with E-state index in [1.165, 1.54) is 0 Å². The quantitative estimate of drug-likeness (QED) is 0.664. The first-order valence-corrected chi connectivity index (χ1v) is 8.94. The molecule has 23 heavy (non-hydrogen) atoms. The van der Waals surface area contributed by atoms with Crippen molar-refractivity contribution in [2.75, 3.05) is 11.0 Å². The van der Waals surface area contributed by atoms with Gasteiger partial charge in [-0.25, -0.2) is 8.42 Å². The minimum absolute atomic E-state index is 0.220. The second-order valence-electron chi connectivity index (χ2n) is 5.25. The van der Waals surface area contributed by atoms with Crippen LogP contribution in [0.25, 0.3) is 0 Å². The van der Waals surface area contributed by atoms with E-state index in [1.54, 1.807) is 18.2 Å². The van der Waals surface area contributed by atoms with Gasteiger partial charge in [0, 0.05) is 6.42 Å². The maximum absolute atomic E-state index is 11.5. The highest BCUT2D eigenvalue weighted by molar-refractivity contribution is 7.92. The van der Waals surface area contributed by atoms with E-state index in [9.17, 15) is 13.5 Å². The summed E-state index contributed by atoms with van der Waals surface area (Å²) in [4.78, 5) is 0. The lowest BCUT2D eigenvalue weighted by molar-refractivity contribution is 0.183. The molecule has 0 heterocycles. The number of nitrogens with two attached hydrogens (primary N) is 1. The zero-order valence-corrected chi connectivity index (χ0v) is 13.6. The van der Waals surface area contributed by atoms with Crippen molar-refractivity contribution < 1.29 is 18.3 Å². The molecule has 0 radical (unpaired) electrons. The summed E-state index contributed by atoms with van der Waals surface area (Å²) in [5.74, 6) is 0.412. The highest BCUT2D eigenvalue weighted by Crippen LogP contribution is 2.28. The number of aliphatic hydroxyl groups is 1. The minimum Gasteiger partial charge on any atom is -0.487 e. The lowest BCUT2D eigenvalue weighted by Crippen LogP contribution is -2.21. The van der Waals surface area contributed by atoms with Crippen molar-refractivity contribution in [1.82, 2.24) is 0 Å². The highest BCUT2D eigenvalue weighted by Gasteiger charge is 2.11. The first kappa shape index (κ1) is 17.3. The van der Waals surface area contributed by atoms with Crippen LogP contribution in [0.5, 0.6) is 5.75 Å². The summed E-state index contributed by atoms with van der Waals surface area (Å²) < 4.78 is 31.2. The first-order chi connectivity index (χ1) is 10.8. The molecule has 0 aliphatic heterocycles. The summed E-state index contributed by atoms with van der Waals surface area (Å²) in [6.45, 7) is 0.318. The van der Waals surface area contributed by atoms with Gasteiger partial charge in [-0.05, 0) is 23.3 Å². The molecule has 0 amide bonds. The van der Waals surface area contributed by atoms with Gasteiger partial charge < -0.3 is 15.6 Å². The molecule has 0 saturated carbocycles. The summed E-state index contributed by atoms with van der Waals surface area (Å²) in [6, 6.07) is 14.6. The van der Waals surface area contributed by atoms with Crippen molar-refractivity contribution in [3.05, 3.63) is 59.7 Å². The van der Waals surface area contributed by atoms with Gasteiger partial charge in [-0.1, -0.05) is 36.4 Å². The predicted octanol–water partition coefficient (Wildman–Crippen LogP) is 1.46. The van der Waals surface area contributed by atoms with E-state index < -0.39 is 16.3 Å². The van der Waals surface area contributed by atoms with Crippen LogP contribution in [0.3, 0.4) is 0 Å². The largest absolute Gasteiger partial charge is 0.487 e. The van der Waals surface area contributed by atoms with E-state index in [0.717, 1.165) is 11.8 Å². The Morgan fingerprint density at radius 3 is 2.48 bits per heavy atom. The molecule has 4 N–H and O–H groups in total. The van der Waals surface area contributed by atoms with Crippen LogP contribution in [0.2, 0.25) is 0 Å². The van der Waals surface area contributed by atoms with Gasteiger partial charge >= 0.3 is 0 Å². The summed E-state index contributed by atoms with van der Waals surface area (Å²) >= 11 is 0.